The highest BCUT2D eigenvalue weighted by Gasteiger charge is 2.18. The Balaban J connectivity index is 1.66. The Labute approximate surface area is 160 Å². The van der Waals surface area contributed by atoms with Gasteiger partial charge in [0.2, 0.25) is 0 Å². The molecule has 0 spiro atoms. The summed E-state index contributed by atoms with van der Waals surface area (Å²) < 4.78 is 5.44. The van der Waals surface area contributed by atoms with Gasteiger partial charge in [0.05, 0.1) is 11.0 Å². The van der Waals surface area contributed by atoms with E-state index in [1.807, 2.05) is 48.7 Å². The normalized spacial score (nSPS) is 11.6. The highest BCUT2D eigenvalue weighted by atomic mass is 32.1. The number of non-ortho nitro benzene ring substituents is 1. The number of ether oxygens (including phenoxy) is 1. The van der Waals surface area contributed by atoms with E-state index in [1.165, 1.54) is 24.3 Å². The van der Waals surface area contributed by atoms with E-state index in [-0.39, 0.29) is 24.2 Å². The van der Waals surface area contributed by atoms with Crippen molar-refractivity contribution in [1.29, 1.82) is 0 Å². The van der Waals surface area contributed by atoms with Gasteiger partial charge in [-0.15, -0.1) is 11.3 Å². The number of hydrogen-bond donors (Lipinski definition) is 1. The first-order valence-electron chi connectivity index (χ1n) is 8.29. The van der Waals surface area contributed by atoms with E-state index in [0.29, 0.717) is 5.75 Å². The second-order valence-corrected chi connectivity index (χ2v) is 6.95. The van der Waals surface area contributed by atoms with Gasteiger partial charge in [0.15, 0.2) is 6.61 Å². The van der Waals surface area contributed by atoms with Gasteiger partial charge in [-0.2, -0.15) is 0 Å². The average molecular weight is 382 g/mol. The second kappa shape index (κ2) is 8.46. The molecule has 3 aromatic rings. The fraction of sp³-hybridized carbons (Fsp3) is 0.150. The Morgan fingerprint density at radius 1 is 1.15 bits per heavy atom. The van der Waals surface area contributed by atoms with Gasteiger partial charge in [0, 0.05) is 17.0 Å². The number of carbonyl (C=O) groups is 1. The van der Waals surface area contributed by atoms with Crippen LogP contribution in [0.4, 0.5) is 5.69 Å². The Kier molecular flexibility index (Phi) is 5.83. The number of thiophene rings is 1. The molecule has 1 unspecified atom stereocenters. The minimum atomic E-state index is -0.482. The summed E-state index contributed by atoms with van der Waals surface area (Å²) in [5.41, 5.74) is 2.12. The number of amides is 1. The van der Waals surface area contributed by atoms with Gasteiger partial charge in [-0.05, 0) is 36.1 Å². The van der Waals surface area contributed by atoms with Crippen LogP contribution >= 0.6 is 11.3 Å². The molecule has 0 aliphatic rings. The van der Waals surface area contributed by atoms with Gasteiger partial charge < -0.3 is 10.1 Å². The predicted molar refractivity (Wildman–Crippen MR) is 104 cm³/mol. The molecule has 0 bridgehead atoms. The number of nitro benzene ring substituents is 1. The highest BCUT2D eigenvalue weighted by Crippen LogP contribution is 2.26. The van der Waals surface area contributed by atoms with E-state index in [9.17, 15) is 14.9 Å². The van der Waals surface area contributed by atoms with Crippen LogP contribution in [0, 0.1) is 17.0 Å². The number of nitrogens with one attached hydrogen (secondary N) is 1. The fourth-order valence-electron chi connectivity index (χ4n) is 2.55. The van der Waals surface area contributed by atoms with Crippen LogP contribution in [0.1, 0.15) is 22.0 Å². The summed E-state index contributed by atoms with van der Waals surface area (Å²) in [6.45, 7) is 1.84. The number of nitrogens with zero attached hydrogens (tertiary/aromatic N) is 1. The summed E-state index contributed by atoms with van der Waals surface area (Å²) in [6, 6.07) is 17.3. The number of aryl methyl sites for hydroxylation is 1. The first-order chi connectivity index (χ1) is 13.0. The molecule has 0 saturated heterocycles. The van der Waals surface area contributed by atoms with Gasteiger partial charge in [-0.25, -0.2) is 0 Å². The lowest BCUT2D eigenvalue weighted by Crippen LogP contribution is -2.32. The minimum absolute atomic E-state index is 0.0241. The van der Waals surface area contributed by atoms with Crippen LogP contribution in [-0.4, -0.2) is 17.4 Å². The zero-order chi connectivity index (χ0) is 19.2. The Morgan fingerprint density at radius 2 is 1.85 bits per heavy atom. The lowest BCUT2D eigenvalue weighted by Gasteiger charge is -2.18. The van der Waals surface area contributed by atoms with E-state index in [0.717, 1.165) is 16.0 Å². The zero-order valence-corrected chi connectivity index (χ0v) is 15.4. The van der Waals surface area contributed by atoms with Gasteiger partial charge in [-0.3, -0.25) is 14.9 Å². The fourth-order valence-corrected chi connectivity index (χ4v) is 3.35. The third-order valence-corrected chi connectivity index (χ3v) is 4.90. The lowest BCUT2D eigenvalue weighted by atomic mass is 10.0. The molecule has 1 amide bonds. The molecule has 1 atom stereocenters. The summed E-state index contributed by atoms with van der Waals surface area (Å²) in [5, 5.41) is 15.6. The van der Waals surface area contributed by atoms with Crippen LogP contribution in [0.5, 0.6) is 5.75 Å². The molecule has 1 heterocycles. The van der Waals surface area contributed by atoms with Crippen molar-refractivity contribution in [3.8, 4) is 5.75 Å². The molecule has 0 saturated carbocycles. The maximum absolute atomic E-state index is 12.4. The van der Waals surface area contributed by atoms with Crippen LogP contribution in [0.25, 0.3) is 0 Å². The van der Waals surface area contributed by atoms with Crippen molar-refractivity contribution in [1.82, 2.24) is 5.32 Å². The van der Waals surface area contributed by atoms with Crippen LogP contribution in [0.3, 0.4) is 0 Å². The van der Waals surface area contributed by atoms with Crippen molar-refractivity contribution in [3.63, 3.8) is 0 Å². The van der Waals surface area contributed by atoms with Gasteiger partial charge in [0.25, 0.3) is 11.6 Å². The number of nitro groups is 1. The van der Waals surface area contributed by atoms with Gasteiger partial charge >= 0.3 is 0 Å². The predicted octanol–water partition coefficient (Wildman–Crippen LogP) is 4.25. The van der Waals surface area contributed by atoms with E-state index in [4.69, 9.17) is 4.74 Å². The Hall–Kier alpha value is -3.19. The van der Waals surface area contributed by atoms with Crippen molar-refractivity contribution < 1.29 is 14.5 Å². The number of rotatable bonds is 7. The molecule has 3 rings (SSSR count). The molecule has 1 N–H and O–H groups in total. The van der Waals surface area contributed by atoms with Crippen molar-refractivity contribution >= 4 is 22.9 Å². The molecule has 6 nitrogen and oxygen atoms in total. The van der Waals surface area contributed by atoms with E-state index >= 15 is 0 Å². The molecule has 7 heteroatoms. The van der Waals surface area contributed by atoms with E-state index in [1.54, 1.807) is 11.3 Å². The van der Waals surface area contributed by atoms with Crippen molar-refractivity contribution in [2.75, 3.05) is 6.61 Å². The van der Waals surface area contributed by atoms with Crippen molar-refractivity contribution in [3.05, 3.63) is 92.2 Å². The van der Waals surface area contributed by atoms with Gasteiger partial charge in [-0.1, -0.05) is 35.9 Å². The maximum Gasteiger partial charge on any atom is 0.269 e. The first-order valence-corrected chi connectivity index (χ1v) is 9.17. The summed E-state index contributed by atoms with van der Waals surface area (Å²) in [7, 11) is 0. The molecule has 0 fully saturated rings. The quantitative estimate of drug-likeness (QED) is 0.489. The van der Waals surface area contributed by atoms with Crippen LogP contribution < -0.4 is 10.1 Å². The Morgan fingerprint density at radius 3 is 2.44 bits per heavy atom. The summed E-state index contributed by atoms with van der Waals surface area (Å²) in [4.78, 5) is 23.6. The summed E-state index contributed by atoms with van der Waals surface area (Å²) in [6.07, 6.45) is 0. The largest absolute Gasteiger partial charge is 0.484 e. The molecule has 0 radical (unpaired) electrons. The SMILES string of the molecule is Cc1ccc(C(NC(=O)COc2ccc([N+](=O)[O-])cc2)c2cccs2)cc1. The average Bonchev–Trinajstić information content (AvgIpc) is 3.20. The molecule has 0 aliphatic carbocycles. The third kappa shape index (κ3) is 4.92. The van der Waals surface area contributed by atoms with Crippen LogP contribution in [-0.2, 0) is 4.79 Å². The number of hydrogen-bond acceptors (Lipinski definition) is 5. The molecule has 138 valence electrons. The standard InChI is InChI=1S/C20H18N2O4S/c1-14-4-6-15(7-5-14)20(18-3-2-12-27-18)21-19(23)13-26-17-10-8-16(9-11-17)22(24)25/h2-12,20H,13H2,1H3,(H,21,23). The monoisotopic (exact) mass is 382 g/mol. The summed E-state index contributed by atoms with van der Waals surface area (Å²) in [5.74, 6) is 0.131. The first kappa shape index (κ1) is 18.6. The smallest absolute Gasteiger partial charge is 0.269 e. The van der Waals surface area contributed by atoms with Gasteiger partial charge in [0.1, 0.15) is 5.75 Å². The zero-order valence-electron chi connectivity index (χ0n) is 14.6. The molecular weight excluding hydrogens is 364 g/mol. The molecule has 1 aromatic heterocycles. The van der Waals surface area contributed by atoms with Crippen LogP contribution in [0.2, 0.25) is 0 Å². The molecule has 27 heavy (non-hydrogen) atoms. The van der Waals surface area contributed by atoms with E-state index < -0.39 is 4.92 Å². The molecule has 2 aromatic carbocycles. The lowest BCUT2D eigenvalue weighted by molar-refractivity contribution is -0.384. The number of carbonyl (C=O) groups excluding carboxylic acids is 1. The minimum Gasteiger partial charge on any atom is -0.484 e. The van der Waals surface area contributed by atoms with Crippen molar-refractivity contribution in [2.45, 2.75) is 13.0 Å². The molecule has 0 aliphatic heterocycles. The van der Waals surface area contributed by atoms with Crippen LogP contribution in [0.15, 0.2) is 66.0 Å². The second-order valence-electron chi connectivity index (χ2n) is 5.97. The topological polar surface area (TPSA) is 81.5 Å². The highest BCUT2D eigenvalue weighted by molar-refractivity contribution is 7.10. The van der Waals surface area contributed by atoms with Crippen molar-refractivity contribution in [2.24, 2.45) is 0 Å². The molecular formula is C20H18N2O4S. The number of benzene rings is 2. The maximum atomic E-state index is 12.4. The third-order valence-electron chi connectivity index (χ3n) is 3.96. The summed E-state index contributed by atoms with van der Waals surface area (Å²) >= 11 is 1.57. The van der Waals surface area contributed by atoms with E-state index in [2.05, 4.69) is 5.32 Å². The Bertz CT molecular complexity index is 906.